The predicted molar refractivity (Wildman–Crippen MR) is 125 cm³/mol. The Balaban J connectivity index is 0.00000126. The topological polar surface area (TPSA) is 90.3 Å². The number of rotatable bonds is 6. The van der Waals surface area contributed by atoms with Crippen LogP contribution in [0, 0.1) is 11.8 Å². The number of aliphatic hydroxyl groups is 1. The molecule has 1 aromatic carbocycles. The van der Waals surface area contributed by atoms with Crippen LogP contribution in [-0.2, 0) is 16.0 Å². The molecule has 0 radical (unpaired) electrons. The van der Waals surface area contributed by atoms with Gasteiger partial charge in [0.05, 0.1) is 12.7 Å². The van der Waals surface area contributed by atoms with Crippen molar-refractivity contribution in [2.45, 2.75) is 82.9 Å². The second-order valence-corrected chi connectivity index (χ2v) is 9.90. The van der Waals surface area contributed by atoms with Gasteiger partial charge in [0.15, 0.2) is 11.5 Å². The van der Waals surface area contributed by atoms with E-state index in [1.807, 2.05) is 26.0 Å². The molecule has 2 amide bonds. The monoisotopic (exact) mass is 458 g/mol. The molecule has 2 aliphatic carbocycles. The molecule has 4 fully saturated rings. The molecule has 2 saturated carbocycles. The highest BCUT2D eigenvalue weighted by Crippen LogP contribution is 2.47. The SMILES string of the molecule is CC.COc1cc(CC2N(CC3CC3)CCC3CC(N4C(=O)CC4=O)CCC32O)ccc1O. The summed E-state index contributed by atoms with van der Waals surface area (Å²) in [4.78, 5) is 27.8. The molecule has 2 saturated heterocycles. The van der Waals surface area contributed by atoms with Crippen LogP contribution in [0.25, 0.3) is 0 Å². The standard InChI is InChI=1S/C24H32N2O5.C2H6/c1-31-20-10-16(4-5-19(20)27)11-21-24(30)8-6-18(26-22(28)13-23(26)29)12-17(24)7-9-25(21)14-15-2-3-15;1-2/h4-5,10,15,17-18,21,27,30H,2-3,6-9,11-14H2,1H3;1-2H3. The van der Waals surface area contributed by atoms with E-state index in [1.165, 1.54) is 17.7 Å². The lowest BCUT2D eigenvalue weighted by molar-refractivity contribution is -0.174. The van der Waals surface area contributed by atoms with Gasteiger partial charge in [-0.3, -0.25) is 19.4 Å². The van der Waals surface area contributed by atoms with Crippen molar-refractivity contribution in [2.24, 2.45) is 11.8 Å². The second kappa shape index (κ2) is 9.63. The summed E-state index contributed by atoms with van der Waals surface area (Å²) >= 11 is 0. The Bertz CT molecular complexity index is 871. The summed E-state index contributed by atoms with van der Waals surface area (Å²) in [7, 11) is 1.54. The Kier molecular flexibility index (Phi) is 7.01. The van der Waals surface area contributed by atoms with Crippen LogP contribution in [0.1, 0.15) is 64.4 Å². The first kappa shape index (κ1) is 24.0. The van der Waals surface area contributed by atoms with Crippen molar-refractivity contribution in [2.75, 3.05) is 20.2 Å². The molecular formula is C26H38N2O5. The first-order valence-corrected chi connectivity index (χ1v) is 12.6. The molecule has 0 spiro atoms. The van der Waals surface area contributed by atoms with Gasteiger partial charge < -0.3 is 14.9 Å². The fourth-order valence-electron chi connectivity index (χ4n) is 6.07. The fraction of sp³-hybridized carbons (Fsp3) is 0.692. The van der Waals surface area contributed by atoms with Gasteiger partial charge in [0.1, 0.15) is 6.42 Å². The van der Waals surface area contributed by atoms with E-state index >= 15 is 0 Å². The number of phenols is 1. The Morgan fingerprint density at radius 1 is 1.12 bits per heavy atom. The summed E-state index contributed by atoms with van der Waals surface area (Å²) in [6.45, 7) is 5.94. The number of hydrogen-bond donors (Lipinski definition) is 2. The number of phenolic OH excluding ortho intramolecular Hbond substituents is 1. The van der Waals surface area contributed by atoms with Crippen LogP contribution in [0.2, 0.25) is 0 Å². The number of benzene rings is 1. The summed E-state index contributed by atoms with van der Waals surface area (Å²) < 4.78 is 5.29. The van der Waals surface area contributed by atoms with Crippen molar-refractivity contribution in [3.05, 3.63) is 23.8 Å². The first-order valence-electron chi connectivity index (χ1n) is 12.6. The van der Waals surface area contributed by atoms with Crippen molar-refractivity contribution < 1.29 is 24.5 Å². The third-order valence-corrected chi connectivity index (χ3v) is 7.99. The Labute approximate surface area is 196 Å². The Hall–Kier alpha value is -2.12. The summed E-state index contributed by atoms with van der Waals surface area (Å²) in [5.74, 6) is 1.23. The molecule has 2 heterocycles. The van der Waals surface area contributed by atoms with Gasteiger partial charge in [-0.25, -0.2) is 0 Å². The largest absolute Gasteiger partial charge is 0.504 e. The molecule has 4 atom stereocenters. The number of carbonyl (C=O) groups excluding carboxylic acids is 2. The van der Waals surface area contributed by atoms with Crippen molar-refractivity contribution in [1.29, 1.82) is 0 Å². The molecule has 7 nitrogen and oxygen atoms in total. The van der Waals surface area contributed by atoms with Gasteiger partial charge in [0, 0.05) is 18.6 Å². The fourth-order valence-corrected chi connectivity index (χ4v) is 6.07. The van der Waals surface area contributed by atoms with Crippen molar-refractivity contribution in [1.82, 2.24) is 9.80 Å². The van der Waals surface area contributed by atoms with Crippen LogP contribution in [0.5, 0.6) is 11.5 Å². The number of methoxy groups -OCH3 is 1. The maximum absolute atomic E-state index is 12.0. The number of hydrogen-bond acceptors (Lipinski definition) is 6. The van der Waals surface area contributed by atoms with Gasteiger partial charge in [0.2, 0.25) is 11.8 Å². The van der Waals surface area contributed by atoms with E-state index in [2.05, 4.69) is 4.90 Å². The average Bonchev–Trinajstić information content (AvgIpc) is 3.62. The molecule has 0 bridgehead atoms. The van der Waals surface area contributed by atoms with E-state index in [0.717, 1.165) is 31.0 Å². The van der Waals surface area contributed by atoms with Gasteiger partial charge in [-0.15, -0.1) is 0 Å². The minimum Gasteiger partial charge on any atom is -0.504 e. The third kappa shape index (κ3) is 4.62. The van der Waals surface area contributed by atoms with E-state index < -0.39 is 5.60 Å². The number of imide groups is 1. The number of ether oxygens (including phenoxy) is 1. The molecule has 1 aromatic rings. The highest BCUT2D eigenvalue weighted by molar-refractivity contribution is 6.15. The quantitative estimate of drug-likeness (QED) is 0.503. The van der Waals surface area contributed by atoms with Gasteiger partial charge in [-0.2, -0.15) is 0 Å². The number of fused-ring (bicyclic) bond motifs is 1. The van der Waals surface area contributed by atoms with E-state index in [1.54, 1.807) is 13.2 Å². The highest BCUT2D eigenvalue weighted by atomic mass is 16.5. The molecule has 2 N–H and O–H groups in total. The van der Waals surface area contributed by atoms with Crippen LogP contribution in [0.4, 0.5) is 0 Å². The molecule has 4 unspecified atom stereocenters. The van der Waals surface area contributed by atoms with Gasteiger partial charge >= 0.3 is 0 Å². The van der Waals surface area contributed by atoms with Crippen molar-refractivity contribution in [3.63, 3.8) is 0 Å². The summed E-state index contributed by atoms with van der Waals surface area (Å²) in [5, 5.41) is 22.0. The normalized spacial score (nSPS) is 31.9. The zero-order valence-corrected chi connectivity index (χ0v) is 20.1. The molecular weight excluding hydrogens is 420 g/mol. The van der Waals surface area contributed by atoms with Crippen LogP contribution in [0.15, 0.2) is 18.2 Å². The molecule has 0 aromatic heterocycles. The number of aromatic hydroxyl groups is 1. The number of nitrogens with zero attached hydrogens (tertiary/aromatic N) is 2. The number of β-lactam (4-membered cyclic amide) rings is 2. The maximum atomic E-state index is 12.0. The third-order valence-electron chi connectivity index (χ3n) is 7.99. The van der Waals surface area contributed by atoms with E-state index in [9.17, 15) is 19.8 Å². The average molecular weight is 459 g/mol. The maximum Gasteiger partial charge on any atom is 0.238 e. The molecule has 2 aliphatic heterocycles. The van der Waals surface area contributed by atoms with E-state index in [0.29, 0.717) is 31.4 Å². The molecule has 182 valence electrons. The summed E-state index contributed by atoms with van der Waals surface area (Å²) in [6.07, 6.45) is 6.09. The molecule has 4 aliphatic rings. The highest BCUT2D eigenvalue weighted by Gasteiger charge is 2.55. The van der Waals surface area contributed by atoms with Crippen molar-refractivity contribution in [3.8, 4) is 11.5 Å². The minimum absolute atomic E-state index is 0.0233. The lowest BCUT2D eigenvalue weighted by atomic mass is 9.64. The first-order chi connectivity index (χ1) is 15.9. The zero-order valence-electron chi connectivity index (χ0n) is 20.1. The predicted octanol–water partition coefficient (Wildman–Crippen LogP) is 3.11. The zero-order chi connectivity index (χ0) is 23.8. The van der Waals surface area contributed by atoms with Crippen LogP contribution in [0.3, 0.4) is 0 Å². The second-order valence-electron chi connectivity index (χ2n) is 9.90. The number of likely N-dealkylation sites (tertiary alicyclic amines) is 2. The van der Waals surface area contributed by atoms with Crippen LogP contribution in [-0.4, -0.2) is 69.7 Å². The molecule has 33 heavy (non-hydrogen) atoms. The number of carbonyl (C=O) groups is 2. The van der Waals surface area contributed by atoms with Gasteiger partial charge in [0.25, 0.3) is 0 Å². The molecule has 5 rings (SSSR count). The van der Waals surface area contributed by atoms with Crippen molar-refractivity contribution >= 4 is 11.8 Å². The van der Waals surface area contributed by atoms with Gasteiger partial charge in [-0.1, -0.05) is 19.9 Å². The lowest BCUT2D eigenvalue weighted by Crippen LogP contribution is -2.66. The Morgan fingerprint density at radius 2 is 1.85 bits per heavy atom. The number of amides is 2. The minimum atomic E-state index is -0.842. The Morgan fingerprint density at radius 3 is 2.48 bits per heavy atom. The van der Waals surface area contributed by atoms with Crippen LogP contribution < -0.4 is 4.74 Å². The van der Waals surface area contributed by atoms with E-state index in [4.69, 9.17) is 4.74 Å². The van der Waals surface area contributed by atoms with Crippen LogP contribution >= 0.6 is 0 Å². The molecule has 7 heteroatoms. The summed E-state index contributed by atoms with van der Waals surface area (Å²) in [6, 6.07) is 5.33. The van der Waals surface area contributed by atoms with E-state index in [-0.39, 0.29) is 42.0 Å². The number of piperidine rings is 1. The summed E-state index contributed by atoms with van der Waals surface area (Å²) in [5.41, 5.74) is 0.191. The smallest absolute Gasteiger partial charge is 0.238 e. The lowest BCUT2D eigenvalue weighted by Gasteiger charge is -2.56. The van der Waals surface area contributed by atoms with Gasteiger partial charge in [-0.05, 0) is 81.0 Å².